The van der Waals surface area contributed by atoms with Gasteiger partial charge in [0.2, 0.25) is 0 Å². The van der Waals surface area contributed by atoms with Crippen LogP contribution in [0.2, 0.25) is 0 Å². The lowest BCUT2D eigenvalue weighted by atomic mass is 9.95. The van der Waals surface area contributed by atoms with Crippen molar-refractivity contribution >= 4 is 11.0 Å². The van der Waals surface area contributed by atoms with Gasteiger partial charge in [0.05, 0.1) is 6.04 Å². The van der Waals surface area contributed by atoms with Gasteiger partial charge in [0.15, 0.2) is 0 Å². The average Bonchev–Trinajstić information content (AvgIpc) is 2.82. The van der Waals surface area contributed by atoms with Crippen molar-refractivity contribution in [1.29, 1.82) is 0 Å². The zero-order valence-electron chi connectivity index (χ0n) is 11.2. The lowest BCUT2D eigenvalue weighted by Gasteiger charge is -2.15. The quantitative estimate of drug-likeness (QED) is 0.744. The van der Waals surface area contributed by atoms with E-state index >= 15 is 0 Å². The number of furan rings is 1. The normalized spacial score (nSPS) is 12.8. The van der Waals surface area contributed by atoms with Crippen LogP contribution in [0.25, 0.3) is 11.0 Å². The van der Waals surface area contributed by atoms with E-state index in [1.165, 1.54) is 11.1 Å². The van der Waals surface area contributed by atoms with Crippen molar-refractivity contribution in [1.82, 2.24) is 0 Å². The lowest BCUT2D eigenvalue weighted by Crippen LogP contribution is -2.13. The van der Waals surface area contributed by atoms with Crippen LogP contribution in [0.15, 0.2) is 52.9 Å². The molecule has 0 amide bonds. The highest BCUT2D eigenvalue weighted by Crippen LogP contribution is 2.29. The van der Waals surface area contributed by atoms with E-state index in [1.807, 2.05) is 30.3 Å². The van der Waals surface area contributed by atoms with Gasteiger partial charge in [-0.3, -0.25) is 0 Å². The number of aryl methyl sites for hydroxylation is 2. The van der Waals surface area contributed by atoms with Crippen molar-refractivity contribution in [2.24, 2.45) is 5.73 Å². The molecule has 1 atom stereocenters. The SMILES string of the molecule is Cc1cccc(C)c1C(N)c1cc2ccccc2o1. The second kappa shape index (κ2) is 4.56. The maximum atomic E-state index is 6.39. The first-order chi connectivity index (χ1) is 9.16. The Morgan fingerprint density at radius 2 is 1.63 bits per heavy atom. The molecule has 0 bridgehead atoms. The highest BCUT2D eigenvalue weighted by Gasteiger charge is 2.17. The molecule has 0 aliphatic heterocycles. The minimum atomic E-state index is -0.214. The Kier molecular flexibility index (Phi) is 2.88. The van der Waals surface area contributed by atoms with Crippen LogP contribution in [0.4, 0.5) is 0 Å². The Hall–Kier alpha value is -2.06. The Bertz CT molecular complexity index is 674. The molecule has 0 aliphatic carbocycles. The van der Waals surface area contributed by atoms with Gasteiger partial charge in [0.1, 0.15) is 11.3 Å². The molecule has 1 aromatic heterocycles. The maximum absolute atomic E-state index is 6.39. The van der Waals surface area contributed by atoms with Crippen molar-refractivity contribution < 1.29 is 4.42 Å². The van der Waals surface area contributed by atoms with Crippen molar-refractivity contribution in [3.63, 3.8) is 0 Å². The molecule has 19 heavy (non-hydrogen) atoms. The third-order valence-corrected chi connectivity index (χ3v) is 3.60. The van der Waals surface area contributed by atoms with Gasteiger partial charge >= 0.3 is 0 Å². The number of benzene rings is 2. The molecule has 0 spiro atoms. The van der Waals surface area contributed by atoms with Gasteiger partial charge in [-0.15, -0.1) is 0 Å². The minimum absolute atomic E-state index is 0.214. The molecule has 0 aliphatic rings. The summed E-state index contributed by atoms with van der Waals surface area (Å²) in [6.45, 7) is 4.18. The first-order valence-electron chi connectivity index (χ1n) is 6.47. The molecule has 1 heterocycles. The fraction of sp³-hybridized carbons (Fsp3) is 0.176. The molecule has 0 radical (unpaired) electrons. The van der Waals surface area contributed by atoms with Crippen LogP contribution < -0.4 is 5.73 Å². The average molecular weight is 251 g/mol. The van der Waals surface area contributed by atoms with Gasteiger partial charge in [-0.1, -0.05) is 36.4 Å². The van der Waals surface area contributed by atoms with Crippen LogP contribution in [-0.2, 0) is 0 Å². The summed E-state index contributed by atoms with van der Waals surface area (Å²) < 4.78 is 5.87. The summed E-state index contributed by atoms with van der Waals surface area (Å²) in [4.78, 5) is 0. The monoisotopic (exact) mass is 251 g/mol. The van der Waals surface area contributed by atoms with Crippen LogP contribution in [0, 0.1) is 13.8 Å². The van der Waals surface area contributed by atoms with E-state index in [9.17, 15) is 0 Å². The Balaban J connectivity index is 2.10. The predicted molar refractivity (Wildman–Crippen MR) is 78.2 cm³/mol. The molecule has 96 valence electrons. The van der Waals surface area contributed by atoms with E-state index in [0.29, 0.717) is 0 Å². The van der Waals surface area contributed by atoms with Gasteiger partial charge in [-0.05, 0) is 42.7 Å². The van der Waals surface area contributed by atoms with E-state index in [-0.39, 0.29) is 6.04 Å². The van der Waals surface area contributed by atoms with E-state index in [2.05, 4.69) is 32.0 Å². The van der Waals surface area contributed by atoms with Gasteiger partial charge in [-0.25, -0.2) is 0 Å². The van der Waals surface area contributed by atoms with Gasteiger partial charge < -0.3 is 10.2 Å². The number of hydrogen-bond acceptors (Lipinski definition) is 2. The van der Waals surface area contributed by atoms with E-state index in [0.717, 1.165) is 22.3 Å². The van der Waals surface area contributed by atoms with Crippen molar-refractivity contribution in [3.05, 3.63) is 71.0 Å². The molecule has 0 saturated carbocycles. The lowest BCUT2D eigenvalue weighted by molar-refractivity contribution is 0.523. The van der Waals surface area contributed by atoms with E-state index in [4.69, 9.17) is 10.2 Å². The summed E-state index contributed by atoms with van der Waals surface area (Å²) in [6.07, 6.45) is 0. The largest absolute Gasteiger partial charge is 0.459 e. The summed E-state index contributed by atoms with van der Waals surface area (Å²) in [5.41, 5.74) is 10.8. The molecule has 3 aromatic rings. The molecular formula is C17H17NO. The Labute approximate surface area is 112 Å². The van der Waals surface area contributed by atoms with Crippen LogP contribution in [-0.4, -0.2) is 0 Å². The third kappa shape index (κ3) is 2.04. The summed E-state index contributed by atoms with van der Waals surface area (Å²) in [5, 5.41) is 1.10. The molecule has 2 N–H and O–H groups in total. The molecular weight excluding hydrogens is 234 g/mol. The molecule has 0 saturated heterocycles. The molecule has 2 heteroatoms. The van der Waals surface area contributed by atoms with Crippen LogP contribution in [0.3, 0.4) is 0 Å². The topological polar surface area (TPSA) is 39.2 Å². The second-order valence-electron chi connectivity index (χ2n) is 4.97. The fourth-order valence-electron chi connectivity index (χ4n) is 2.62. The van der Waals surface area contributed by atoms with E-state index < -0.39 is 0 Å². The summed E-state index contributed by atoms with van der Waals surface area (Å²) >= 11 is 0. The fourth-order valence-corrected chi connectivity index (χ4v) is 2.62. The molecule has 2 aromatic carbocycles. The van der Waals surface area contributed by atoms with Gasteiger partial charge in [0.25, 0.3) is 0 Å². The predicted octanol–water partition coefficient (Wildman–Crippen LogP) is 4.10. The number of fused-ring (bicyclic) bond motifs is 1. The molecule has 0 fully saturated rings. The van der Waals surface area contributed by atoms with Crippen LogP contribution in [0.5, 0.6) is 0 Å². The zero-order chi connectivity index (χ0) is 13.4. The summed E-state index contributed by atoms with van der Waals surface area (Å²) in [7, 11) is 0. The van der Waals surface area contributed by atoms with Crippen LogP contribution in [0.1, 0.15) is 28.5 Å². The highest BCUT2D eigenvalue weighted by atomic mass is 16.3. The van der Waals surface area contributed by atoms with Crippen molar-refractivity contribution in [2.75, 3.05) is 0 Å². The zero-order valence-corrected chi connectivity index (χ0v) is 11.2. The first-order valence-corrected chi connectivity index (χ1v) is 6.47. The number of nitrogens with two attached hydrogens (primary N) is 1. The minimum Gasteiger partial charge on any atom is -0.459 e. The highest BCUT2D eigenvalue weighted by molar-refractivity contribution is 5.78. The van der Waals surface area contributed by atoms with Gasteiger partial charge in [0, 0.05) is 5.39 Å². The van der Waals surface area contributed by atoms with Crippen LogP contribution >= 0.6 is 0 Å². The molecule has 3 rings (SSSR count). The first kappa shape index (κ1) is 12.0. The third-order valence-electron chi connectivity index (χ3n) is 3.60. The van der Waals surface area contributed by atoms with Gasteiger partial charge in [-0.2, -0.15) is 0 Å². The Morgan fingerprint density at radius 3 is 2.32 bits per heavy atom. The molecule has 1 unspecified atom stereocenters. The second-order valence-corrected chi connectivity index (χ2v) is 4.97. The van der Waals surface area contributed by atoms with E-state index in [1.54, 1.807) is 0 Å². The number of hydrogen-bond donors (Lipinski definition) is 1. The van der Waals surface area contributed by atoms with Crippen molar-refractivity contribution in [2.45, 2.75) is 19.9 Å². The standard InChI is InChI=1S/C17H17NO/c1-11-6-5-7-12(2)16(11)17(18)15-10-13-8-3-4-9-14(13)19-15/h3-10,17H,18H2,1-2H3. The summed E-state index contributed by atoms with van der Waals surface area (Å²) in [6, 6.07) is 16.0. The number of rotatable bonds is 2. The maximum Gasteiger partial charge on any atom is 0.134 e. The summed E-state index contributed by atoms with van der Waals surface area (Å²) in [5.74, 6) is 0.818. The van der Waals surface area contributed by atoms with Crippen molar-refractivity contribution in [3.8, 4) is 0 Å². The molecule has 2 nitrogen and oxygen atoms in total. The smallest absolute Gasteiger partial charge is 0.134 e. The number of para-hydroxylation sites is 1. The Morgan fingerprint density at radius 1 is 0.947 bits per heavy atom.